The van der Waals surface area contributed by atoms with E-state index in [-0.39, 0.29) is 36.5 Å². The molecule has 2 unspecified atom stereocenters. The predicted molar refractivity (Wildman–Crippen MR) is 147 cm³/mol. The highest BCUT2D eigenvalue weighted by Gasteiger charge is 2.48. The van der Waals surface area contributed by atoms with Crippen molar-refractivity contribution in [3.63, 3.8) is 0 Å². The molecule has 0 spiro atoms. The number of carbonyl (C=O) groups is 3. The second-order valence-electron chi connectivity index (χ2n) is 11.8. The number of hydrogen-bond acceptors (Lipinski definition) is 11. The van der Waals surface area contributed by atoms with Crippen LogP contribution in [0.2, 0.25) is 0 Å². The molecule has 0 bridgehead atoms. The van der Waals surface area contributed by atoms with E-state index in [1.807, 2.05) is 0 Å². The molecule has 5 heterocycles. The molecule has 0 radical (unpaired) electrons. The van der Waals surface area contributed by atoms with Crippen molar-refractivity contribution in [2.75, 3.05) is 32.5 Å². The first kappa shape index (κ1) is 28.6. The lowest BCUT2D eigenvalue weighted by atomic mass is 9.91. The Kier molecular flexibility index (Phi) is 7.89. The summed E-state index contributed by atoms with van der Waals surface area (Å²) in [7, 11) is 1.72. The number of aliphatic hydroxyl groups excluding tert-OH is 2. The van der Waals surface area contributed by atoms with Crippen LogP contribution in [-0.4, -0.2) is 115 Å². The summed E-state index contributed by atoms with van der Waals surface area (Å²) in [5.41, 5.74) is 6.90. The number of likely N-dealkylation sites (N-methyl/N-ethyl adjacent to an activating group) is 1. The Morgan fingerprint density at radius 3 is 2.62 bits per heavy atom. The van der Waals surface area contributed by atoms with E-state index in [4.69, 9.17) is 15.2 Å². The maximum absolute atomic E-state index is 12.5. The molecule has 6 rings (SSSR count). The van der Waals surface area contributed by atoms with E-state index < -0.39 is 30.4 Å². The summed E-state index contributed by atoms with van der Waals surface area (Å²) in [6.45, 7) is 1.50. The fraction of sp³-hybridized carbons (Fsp3) is 0.704. The highest BCUT2D eigenvalue weighted by atomic mass is 16.6. The Bertz CT molecular complexity index is 1340. The van der Waals surface area contributed by atoms with Crippen molar-refractivity contribution in [3.8, 4) is 0 Å². The van der Waals surface area contributed by atoms with Gasteiger partial charge in [-0.15, -0.1) is 0 Å². The van der Waals surface area contributed by atoms with Crippen LogP contribution in [0.3, 0.4) is 0 Å². The standard InChI is InChI=1S/C27H38N8O7/c1-33-16(11-18(33)36)12-41-27(40)34-9-7-14(8-10-34)3-2-4-17-31-23(28)19-24(32-17)35(13-29-19)26-21(38)20(37)22(42-26)25(39)30-15-5-6-15/h13-16,20-22,26,37-38H,2-12H2,1H3,(H,30,39)(H2,28,31,32)/t16?,20-,21?,22+,26-/m1/s1. The SMILES string of the molecule is CN1C(=O)CC1COC(=O)N1CCC(CCCc2nc(N)c3ncn([C@@H]4O[C@H](C(=O)NC5CC5)[C@H](O)C4O)c3n2)CC1. The zero-order chi connectivity index (χ0) is 29.5. The van der Waals surface area contributed by atoms with Crippen molar-refractivity contribution >= 4 is 34.9 Å². The molecule has 0 aromatic carbocycles. The molecule has 15 nitrogen and oxygen atoms in total. The number of nitrogens with zero attached hydrogens (tertiary/aromatic N) is 6. The molecule has 1 aliphatic carbocycles. The number of imidazole rings is 1. The van der Waals surface area contributed by atoms with Gasteiger partial charge in [-0.3, -0.25) is 14.2 Å². The molecule has 15 heteroatoms. The van der Waals surface area contributed by atoms with Gasteiger partial charge in [0.15, 0.2) is 23.8 Å². The number of carbonyl (C=O) groups excluding carboxylic acids is 3. The van der Waals surface area contributed by atoms with Gasteiger partial charge in [0, 0.05) is 32.6 Å². The molecule has 5 N–H and O–H groups in total. The number of ether oxygens (including phenoxy) is 2. The van der Waals surface area contributed by atoms with Crippen LogP contribution in [0, 0.1) is 5.92 Å². The van der Waals surface area contributed by atoms with Crippen molar-refractivity contribution in [2.45, 2.75) is 88.0 Å². The first-order valence-corrected chi connectivity index (χ1v) is 14.7. The molecule has 2 aromatic rings. The van der Waals surface area contributed by atoms with Gasteiger partial charge in [-0.25, -0.2) is 19.7 Å². The third-order valence-corrected chi connectivity index (χ3v) is 8.83. The number of hydrogen-bond donors (Lipinski definition) is 4. The second kappa shape index (κ2) is 11.6. The minimum Gasteiger partial charge on any atom is -0.447 e. The van der Waals surface area contributed by atoms with Crippen LogP contribution in [0.5, 0.6) is 0 Å². The molecule has 3 amide bonds. The van der Waals surface area contributed by atoms with Gasteiger partial charge in [0.1, 0.15) is 30.2 Å². The quantitative estimate of drug-likeness (QED) is 0.282. The molecular formula is C27H38N8O7. The largest absolute Gasteiger partial charge is 0.447 e. The van der Waals surface area contributed by atoms with E-state index >= 15 is 0 Å². The highest BCUT2D eigenvalue weighted by molar-refractivity contribution is 5.84. The van der Waals surface area contributed by atoms with Crippen molar-refractivity contribution in [3.05, 3.63) is 12.2 Å². The third-order valence-electron chi connectivity index (χ3n) is 8.83. The number of likely N-dealkylation sites (tertiary alicyclic amines) is 2. The minimum absolute atomic E-state index is 0.0224. The number of β-lactam (4-membered cyclic amide) rings is 1. The number of fused-ring (bicyclic) bond motifs is 1. The fourth-order valence-corrected chi connectivity index (χ4v) is 5.86. The summed E-state index contributed by atoms with van der Waals surface area (Å²) in [6, 6.07) is 0.0710. The van der Waals surface area contributed by atoms with Gasteiger partial charge in [0.05, 0.1) is 18.8 Å². The van der Waals surface area contributed by atoms with E-state index in [0.29, 0.717) is 48.8 Å². The summed E-state index contributed by atoms with van der Waals surface area (Å²) in [6.07, 6.45) is 2.37. The second-order valence-corrected chi connectivity index (χ2v) is 11.8. The number of amides is 3. The molecular weight excluding hydrogens is 548 g/mol. The van der Waals surface area contributed by atoms with Gasteiger partial charge >= 0.3 is 6.09 Å². The maximum atomic E-state index is 12.5. The monoisotopic (exact) mass is 586 g/mol. The molecule has 1 saturated carbocycles. The number of nitrogens with two attached hydrogens (primary N) is 1. The minimum atomic E-state index is -1.40. The summed E-state index contributed by atoms with van der Waals surface area (Å²) in [4.78, 5) is 52.9. The van der Waals surface area contributed by atoms with Gasteiger partial charge in [-0.1, -0.05) is 0 Å². The molecule has 228 valence electrons. The van der Waals surface area contributed by atoms with Crippen molar-refractivity contribution < 1.29 is 34.1 Å². The average Bonchev–Trinajstić information content (AvgIpc) is 3.62. The lowest BCUT2D eigenvalue weighted by Crippen LogP contribution is -2.53. The molecule has 3 aliphatic heterocycles. The zero-order valence-electron chi connectivity index (χ0n) is 23.6. The normalized spacial score (nSPS) is 28.3. The van der Waals surface area contributed by atoms with E-state index in [2.05, 4.69) is 20.3 Å². The summed E-state index contributed by atoms with van der Waals surface area (Å²) in [5.74, 6) is 0.804. The Labute approximate surface area is 242 Å². The first-order chi connectivity index (χ1) is 20.2. The van der Waals surface area contributed by atoms with Crippen LogP contribution in [0.15, 0.2) is 6.33 Å². The van der Waals surface area contributed by atoms with Gasteiger partial charge in [0.2, 0.25) is 5.91 Å². The average molecular weight is 587 g/mol. The van der Waals surface area contributed by atoms with Gasteiger partial charge < -0.3 is 40.5 Å². The first-order valence-electron chi connectivity index (χ1n) is 14.7. The number of rotatable bonds is 9. The zero-order valence-corrected chi connectivity index (χ0v) is 23.6. The number of aliphatic hydroxyl groups is 2. The van der Waals surface area contributed by atoms with Crippen LogP contribution in [0.4, 0.5) is 10.6 Å². The summed E-state index contributed by atoms with van der Waals surface area (Å²) < 4.78 is 12.7. The van der Waals surface area contributed by atoms with Gasteiger partial charge in [-0.05, 0) is 44.4 Å². The lowest BCUT2D eigenvalue weighted by Gasteiger charge is -2.37. The van der Waals surface area contributed by atoms with E-state index in [0.717, 1.165) is 38.5 Å². The molecule has 42 heavy (non-hydrogen) atoms. The number of anilines is 1. The number of aryl methyl sites for hydroxylation is 1. The molecule has 4 fully saturated rings. The van der Waals surface area contributed by atoms with Crippen LogP contribution < -0.4 is 11.1 Å². The van der Waals surface area contributed by atoms with Crippen molar-refractivity contribution in [2.24, 2.45) is 5.92 Å². The highest BCUT2D eigenvalue weighted by Crippen LogP contribution is 2.33. The van der Waals surface area contributed by atoms with Gasteiger partial charge in [0.25, 0.3) is 5.91 Å². The van der Waals surface area contributed by atoms with E-state index in [1.54, 1.807) is 16.8 Å². The summed E-state index contributed by atoms with van der Waals surface area (Å²) >= 11 is 0. The van der Waals surface area contributed by atoms with Crippen LogP contribution >= 0.6 is 0 Å². The molecule has 5 atom stereocenters. The number of nitrogens with one attached hydrogen (secondary N) is 1. The Morgan fingerprint density at radius 1 is 1.17 bits per heavy atom. The number of piperidine rings is 1. The smallest absolute Gasteiger partial charge is 0.409 e. The summed E-state index contributed by atoms with van der Waals surface area (Å²) in [5, 5.41) is 24.0. The molecule has 3 saturated heterocycles. The maximum Gasteiger partial charge on any atom is 0.409 e. The predicted octanol–water partition coefficient (Wildman–Crippen LogP) is -0.292. The lowest BCUT2D eigenvalue weighted by molar-refractivity contribution is -0.145. The molecule has 2 aromatic heterocycles. The van der Waals surface area contributed by atoms with Gasteiger partial charge in [-0.2, -0.15) is 0 Å². The Morgan fingerprint density at radius 2 is 1.93 bits per heavy atom. The Hall–Kier alpha value is -3.56. The van der Waals surface area contributed by atoms with E-state index in [9.17, 15) is 24.6 Å². The third kappa shape index (κ3) is 5.72. The number of nitrogen functional groups attached to an aromatic ring is 1. The van der Waals surface area contributed by atoms with E-state index in [1.165, 1.54) is 10.9 Å². The van der Waals surface area contributed by atoms with Crippen molar-refractivity contribution in [1.82, 2.24) is 34.6 Å². The van der Waals surface area contributed by atoms with Crippen LogP contribution in [0.1, 0.15) is 57.0 Å². The van der Waals surface area contributed by atoms with Crippen LogP contribution in [-0.2, 0) is 25.5 Å². The fourth-order valence-electron chi connectivity index (χ4n) is 5.86. The topological polar surface area (TPSA) is 198 Å². The number of aromatic nitrogens is 4. The van der Waals surface area contributed by atoms with Crippen LogP contribution in [0.25, 0.3) is 11.2 Å². The van der Waals surface area contributed by atoms with Crippen molar-refractivity contribution in [1.29, 1.82) is 0 Å². The Balaban J connectivity index is 1.00. The molecule has 4 aliphatic rings.